The first-order valence-electron chi connectivity index (χ1n) is 8.64. The fourth-order valence-electron chi connectivity index (χ4n) is 3.36. The third-order valence-corrected chi connectivity index (χ3v) is 5.55. The van der Waals surface area contributed by atoms with Gasteiger partial charge in [0.05, 0.1) is 23.3 Å². The molecule has 10 nitrogen and oxygen atoms in total. The van der Waals surface area contributed by atoms with Gasteiger partial charge in [0.25, 0.3) is 0 Å². The summed E-state index contributed by atoms with van der Waals surface area (Å²) in [6.07, 6.45) is 5.80. The minimum Gasteiger partial charge on any atom is -0.364 e. The first-order chi connectivity index (χ1) is 14.0. The van der Waals surface area contributed by atoms with Gasteiger partial charge >= 0.3 is 0 Å². The van der Waals surface area contributed by atoms with Gasteiger partial charge in [0.15, 0.2) is 29.0 Å². The van der Waals surface area contributed by atoms with Gasteiger partial charge in [-0.15, -0.1) is 0 Å². The smallest absolute Gasteiger partial charge is 0.214 e. The number of aromatic nitrogens is 6. The molecule has 12 heteroatoms. The summed E-state index contributed by atoms with van der Waals surface area (Å²) in [5.74, 6) is -0.545. The number of hydrogen-bond acceptors (Lipinski definition) is 9. The van der Waals surface area contributed by atoms with E-state index in [0.717, 1.165) is 17.6 Å². The van der Waals surface area contributed by atoms with Crippen LogP contribution >= 0.6 is 11.5 Å². The van der Waals surface area contributed by atoms with Crippen LogP contribution in [0.2, 0.25) is 0 Å². The highest BCUT2D eigenvalue weighted by Crippen LogP contribution is 2.30. The molecule has 1 aliphatic heterocycles. The van der Waals surface area contributed by atoms with E-state index in [1.807, 2.05) is 10.8 Å². The second-order valence-corrected chi connectivity index (χ2v) is 7.37. The van der Waals surface area contributed by atoms with E-state index < -0.39 is 17.5 Å². The average molecular weight is 415 g/mol. The fraction of sp³-hybridized carbons (Fsp3) is 0.235. The van der Waals surface area contributed by atoms with Crippen molar-refractivity contribution < 1.29 is 14.6 Å². The topological polar surface area (TPSA) is 122 Å². The number of aliphatic hydroxyl groups is 2. The molecule has 0 unspecified atom stereocenters. The molecule has 5 heterocycles. The molecule has 148 valence electrons. The van der Waals surface area contributed by atoms with Crippen molar-refractivity contribution >= 4 is 28.4 Å². The monoisotopic (exact) mass is 415 g/mol. The molecule has 1 aliphatic rings. The second kappa shape index (κ2) is 6.69. The van der Waals surface area contributed by atoms with Gasteiger partial charge in [0, 0.05) is 43.2 Å². The Balaban J connectivity index is 1.63. The van der Waals surface area contributed by atoms with Crippen LogP contribution in [0.1, 0.15) is 17.9 Å². The van der Waals surface area contributed by atoms with Gasteiger partial charge < -0.3 is 19.7 Å². The maximum Gasteiger partial charge on any atom is 0.214 e. The van der Waals surface area contributed by atoms with E-state index in [1.165, 1.54) is 17.1 Å². The Morgan fingerprint density at radius 1 is 1.31 bits per heavy atom. The maximum absolute atomic E-state index is 14.8. The molecule has 4 aromatic rings. The number of anilines is 1. The van der Waals surface area contributed by atoms with Crippen molar-refractivity contribution in [3.8, 4) is 5.13 Å². The van der Waals surface area contributed by atoms with Crippen LogP contribution in [-0.2, 0) is 0 Å². The number of aliphatic hydroxyl groups excluding tert-OH is 1. The number of hydrogen-bond donors (Lipinski definition) is 2. The fourth-order valence-corrected chi connectivity index (χ4v) is 3.87. The van der Waals surface area contributed by atoms with Crippen LogP contribution in [-0.4, -0.2) is 51.8 Å². The molecule has 1 saturated heterocycles. The standard InChI is InChI=1S/C17H14FN7O3S/c18-12-3-10-13(26)11(16(27)28)6-25(17-20-7-21-29-17)14(10)22-15(12)24-4-9(5-24)23-2-1-19-8-23/h1-3,6-9,16,27-28H,4-5H2. The zero-order valence-electron chi connectivity index (χ0n) is 14.8. The highest BCUT2D eigenvalue weighted by Gasteiger charge is 2.31. The van der Waals surface area contributed by atoms with Crippen LogP contribution in [0.25, 0.3) is 16.2 Å². The summed E-state index contributed by atoms with van der Waals surface area (Å²) in [5.41, 5.74) is -0.835. The van der Waals surface area contributed by atoms with Gasteiger partial charge in [0.1, 0.15) is 6.33 Å². The van der Waals surface area contributed by atoms with E-state index in [1.54, 1.807) is 17.4 Å². The summed E-state index contributed by atoms with van der Waals surface area (Å²) in [4.78, 5) is 26.9. The molecule has 0 radical (unpaired) electrons. The lowest BCUT2D eigenvalue weighted by molar-refractivity contribution is -0.0434. The molecular weight excluding hydrogens is 401 g/mol. The number of imidazole rings is 1. The van der Waals surface area contributed by atoms with Crippen molar-refractivity contribution in [3.05, 3.63) is 58.9 Å². The summed E-state index contributed by atoms with van der Waals surface area (Å²) in [5, 5.41) is 19.4. The second-order valence-electron chi connectivity index (χ2n) is 6.61. The SMILES string of the molecule is O=c1c(C(O)O)cn(-c2ncns2)c2nc(N3CC(n4ccnc4)C3)c(F)cc12. The van der Waals surface area contributed by atoms with Crippen LogP contribution in [0.5, 0.6) is 0 Å². The average Bonchev–Trinajstić information content (AvgIpc) is 3.35. The van der Waals surface area contributed by atoms with E-state index in [4.69, 9.17) is 0 Å². The molecule has 0 aliphatic carbocycles. The summed E-state index contributed by atoms with van der Waals surface area (Å²) in [7, 11) is 0. The van der Waals surface area contributed by atoms with E-state index in [-0.39, 0.29) is 28.5 Å². The Morgan fingerprint density at radius 3 is 2.79 bits per heavy atom. The zero-order chi connectivity index (χ0) is 20.1. The Kier molecular flexibility index (Phi) is 4.12. The lowest BCUT2D eigenvalue weighted by atomic mass is 10.1. The number of pyridine rings is 2. The minimum atomic E-state index is -2.01. The number of fused-ring (bicyclic) bond motifs is 1. The third-order valence-electron chi connectivity index (χ3n) is 4.88. The molecule has 0 aromatic carbocycles. The third kappa shape index (κ3) is 2.88. The molecule has 4 aromatic heterocycles. The molecule has 0 bridgehead atoms. The molecular formula is C17H14FN7O3S. The van der Waals surface area contributed by atoms with Crippen molar-refractivity contribution in [3.63, 3.8) is 0 Å². The first kappa shape index (κ1) is 17.8. The lowest BCUT2D eigenvalue weighted by Gasteiger charge is -2.40. The Bertz CT molecular complexity index is 1230. The van der Waals surface area contributed by atoms with Gasteiger partial charge in [-0.1, -0.05) is 0 Å². The lowest BCUT2D eigenvalue weighted by Crippen LogP contribution is -2.48. The molecule has 1 fully saturated rings. The molecule has 0 amide bonds. The van der Waals surface area contributed by atoms with Crippen molar-refractivity contribution in [2.45, 2.75) is 12.3 Å². The zero-order valence-corrected chi connectivity index (χ0v) is 15.6. The van der Waals surface area contributed by atoms with Gasteiger partial charge in [0.2, 0.25) is 5.13 Å². The summed E-state index contributed by atoms with van der Waals surface area (Å²) in [6, 6.07) is 1.24. The summed E-state index contributed by atoms with van der Waals surface area (Å²) in [6.45, 7) is 1.09. The van der Waals surface area contributed by atoms with E-state index in [9.17, 15) is 19.4 Å². The quantitative estimate of drug-likeness (QED) is 0.465. The molecule has 0 atom stereocenters. The highest BCUT2D eigenvalue weighted by molar-refractivity contribution is 7.08. The van der Waals surface area contributed by atoms with Crippen LogP contribution in [0.4, 0.5) is 10.2 Å². The van der Waals surface area contributed by atoms with E-state index in [0.29, 0.717) is 18.2 Å². The minimum absolute atomic E-state index is 0.0706. The molecule has 29 heavy (non-hydrogen) atoms. The molecule has 0 spiro atoms. The predicted molar refractivity (Wildman–Crippen MR) is 101 cm³/mol. The van der Waals surface area contributed by atoms with Gasteiger partial charge in [-0.05, 0) is 6.07 Å². The maximum atomic E-state index is 14.8. The summed E-state index contributed by atoms with van der Waals surface area (Å²) < 4.78 is 22.1. The van der Waals surface area contributed by atoms with Gasteiger partial charge in [-0.25, -0.2) is 19.3 Å². The normalized spacial score (nSPS) is 14.7. The molecule has 0 saturated carbocycles. The van der Waals surface area contributed by atoms with Crippen LogP contribution in [0.3, 0.4) is 0 Å². The molecule has 5 rings (SSSR count). The van der Waals surface area contributed by atoms with Gasteiger partial charge in [-0.3, -0.25) is 9.36 Å². The van der Waals surface area contributed by atoms with Gasteiger partial charge in [-0.2, -0.15) is 4.37 Å². The largest absolute Gasteiger partial charge is 0.364 e. The van der Waals surface area contributed by atoms with Crippen molar-refractivity contribution in [2.24, 2.45) is 0 Å². The number of halogens is 1. The Morgan fingerprint density at radius 2 is 2.14 bits per heavy atom. The number of rotatable bonds is 4. The van der Waals surface area contributed by atoms with Crippen molar-refractivity contribution in [2.75, 3.05) is 18.0 Å². The Labute approximate surface area is 166 Å². The summed E-state index contributed by atoms with van der Waals surface area (Å²) >= 11 is 1.03. The van der Waals surface area contributed by atoms with Crippen molar-refractivity contribution in [1.82, 2.24) is 28.5 Å². The van der Waals surface area contributed by atoms with Crippen LogP contribution in [0, 0.1) is 5.82 Å². The highest BCUT2D eigenvalue weighted by atomic mass is 32.1. The van der Waals surface area contributed by atoms with Crippen LogP contribution in [0.15, 0.2) is 42.1 Å². The van der Waals surface area contributed by atoms with Crippen LogP contribution < -0.4 is 10.3 Å². The number of nitrogens with zero attached hydrogens (tertiary/aromatic N) is 7. The molecule has 2 N–H and O–H groups in total. The van der Waals surface area contributed by atoms with E-state index in [2.05, 4.69) is 19.3 Å². The first-order valence-corrected chi connectivity index (χ1v) is 9.41. The van der Waals surface area contributed by atoms with E-state index >= 15 is 0 Å². The Hall–Kier alpha value is -3.22. The van der Waals surface area contributed by atoms with Crippen molar-refractivity contribution in [1.29, 1.82) is 0 Å². The predicted octanol–water partition coefficient (Wildman–Crippen LogP) is 0.617.